The van der Waals surface area contributed by atoms with Gasteiger partial charge in [-0.05, 0) is 12.1 Å². The maximum absolute atomic E-state index is 9.93. The summed E-state index contributed by atoms with van der Waals surface area (Å²) < 4.78 is 5.42. The first-order valence-corrected chi connectivity index (χ1v) is 7.50. The first-order valence-electron chi connectivity index (χ1n) is 6.37. The zero-order valence-corrected chi connectivity index (χ0v) is 13.6. The van der Waals surface area contributed by atoms with E-state index in [1.807, 2.05) is 0 Å². The molecule has 0 radical (unpaired) electrons. The predicted molar refractivity (Wildman–Crippen MR) is 83.6 cm³/mol. The van der Waals surface area contributed by atoms with E-state index in [0.29, 0.717) is 18.1 Å². The van der Waals surface area contributed by atoms with Gasteiger partial charge in [0.2, 0.25) is 0 Å². The van der Waals surface area contributed by atoms with Gasteiger partial charge in [0.25, 0.3) is 0 Å². The Morgan fingerprint density at radius 1 is 1.05 bits per heavy atom. The molecule has 0 aliphatic rings. The number of hydrogen-bond donors (Lipinski definition) is 3. The molecule has 0 fully saturated rings. The van der Waals surface area contributed by atoms with Gasteiger partial charge in [-0.3, -0.25) is 4.90 Å². The summed E-state index contributed by atoms with van der Waals surface area (Å²) in [6, 6.07) is 3.00. The largest absolute Gasteiger partial charge is 0.488 e. The highest BCUT2D eigenvalue weighted by Crippen LogP contribution is 2.35. The van der Waals surface area contributed by atoms with Crippen LogP contribution in [0.1, 0.15) is 0 Å². The van der Waals surface area contributed by atoms with Crippen molar-refractivity contribution < 1.29 is 20.1 Å². The van der Waals surface area contributed by atoms with Crippen LogP contribution in [0.3, 0.4) is 0 Å². The number of benzene rings is 1. The van der Waals surface area contributed by atoms with Crippen molar-refractivity contribution in [3.63, 3.8) is 0 Å². The molecular weight excluding hydrogens is 341 g/mol. The molecule has 0 bridgehead atoms. The summed E-state index contributed by atoms with van der Waals surface area (Å²) in [4.78, 5) is 1.72. The highest BCUT2D eigenvalue weighted by Gasteiger charge is 2.15. The maximum atomic E-state index is 9.93. The number of nitrogens with zero attached hydrogens (tertiary/aromatic N) is 1. The van der Waals surface area contributed by atoms with Crippen LogP contribution in [0, 0.1) is 0 Å². The summed E-state index contributed by atoms with van der Waals surface area (Å²) in [5, 5.41) is 28.7. The summed E-state index contributed by atoms with van der Waals surface area (Å²) in [5.74, 6) is 0.262. The summed E-state index contributed by atoms with van der Waals surface area (Å²) in [7, 11) is 0. The zero-order valence-electron chi connectivity index (χ0n) is 11.3. The highest BCUT2D eigenvalue weighted by atomic mass is 35.5. The molecule has 1 rings (SSSR count). The molecule has 0 saturated heterocycles. The lowest BCUT2D eigenvalue weighted by atomic mass is 10.3. The Bertz CT molecular complexity index is 418. The van der Waals surface area contributed by atoms with E-state index in [-0.39, 0.29) is 42.2 Å². The van der Waals surface area contributed by atoms with E-state index in [1.54, 1.807) is 4.90 Å². The zero-order chi connectivity index (χ0) is 15.8. The lowest BCUT2D eigenvalue weighted by Crippen LogP contribution is -2.38. The van der Waals surface area contributed by atoms with E-state index >= 15 is 0 Å². The molecule has 1 aromatic rings. The van der Waals surface area contributed by atoms with Crippen molar-refractivity contribution in [2.45, 2.75) is 6.10 Å². The topological polar surface area (TPSA) is 73.2 Å². The van der Waals surface area contributed by atoms with Crippen LogP contribution in [0.15, 0.2) is 12.1 Å². The maximum Gasteiger partial charge on any atom is 0.156 e. The lowest BCUT2D eigenvalue weighted by molar-refractivity contribution is 0.0553. The quantitative estimate of drug-likeness (QED) is 0.626. The van der Waals surface area contributed by atoms with Crippen LogP contribution in [-0.2, 0) is 0 Å². The van der Waals surface area contributed by atoms with Gasteiger partial charge in [0.15, 0.2) is 5.75 Å². The van der Waals surface area contributed by atoms with E-state index in [9.17, 15) is 5.11 Å². The van der Waals surface area contributed by atoms with E-state index in [0.717, 1.165) is 0 Å². The predicted octanol–water partition coefficient (Wildman–Crippen LogP) is 1.67. The van der Waals surface area contributed by atoms with Crippen LogP contribution in [-0.4, -0.2) is 65.8 Å². The first kappa shape index (κ1) is 18.8. The average molecular weight is 359 g/mol. The number of ether oxygens (including phenoxy) is 1. The SMILES string of the molecule is OCCN(CCO)CC(O)COc1c(Cl)cc(Cl)cc1Cl. The fourth-order valence-electron chi connectivity index (χ4n) is 1.77. The van der Waals surface area contributed by atoms with Gasteiger partial charge in [0, 0.05) is 24.7 Å². The second-order valence-corrected chi connectivity index (χ2v) is 5.66. The molecule has 8 heteroatoms. The number of rotatable bonds is 9. The Morgan fingerprint density at radius 3 is 2.05 bits per heavy atom. The lowest BCUT2D eigenvalue weighted by Gasteiger charge is -2.23. The minimum Gasteiger partial charge on any atom is -0.488 e. The van der Waals surface area contributed by atoms with Crippen molar-refractivity contribution in [3.05, 3.63) is 27.2 Å². The molecule has 5 nitrogen and oxygen atoms in total. The fourth-order valence-corrected chi connectivity index (χ4v) is 2.70. The first-order chi connectivity index (χ1) is 9.97. The Labute approximate surface area is 138 Å². The van der Waals surface area contributed by atoms with Crippen molar-refractivity contribution >= 4 is 34.8 Å². The average Bonchev–Trinajstić information content (AvgIpc) is 2.37. The van der Waals surface area contributed by atoms with E-state index in [2.05, 4.69) is 0 Å². The molecule has 0 aliphatic carbocycles. The van der Waals surface area contributed by atoms with Crippen LogP contribution >= 0.6 is 34.8 Å². The van der Waals surface area contributed by atoms with Crippen molar-refractivity contribution in [3.8, 4) is 5.75 Å². The highest BCUT2D eigenvalue weighted by molar-refractivity contribution is 6.40. The van der Waals surface area contributed by atoms with Crippen LogP contribution in [0.2, 0.25) is 15.1 Å². The molecule has 3 N–H and O–H groups in total. The van der Waals surface area contributed by atoms with Gasteiger partial charge in [0.1, 0.15) is 12.7 Å². The van der Waals surface area contributed by atoms with Gasteiger partial charge in [-0.25, -0.2) is 0 Å². The fraction of sp³-hybridized carbons (Fsp3) is 0.538. The van der Waals surface area contributed by atoms with E-state index in [4.69, 9.17) is 49.8 Å². The molecule has 0 aliphatic heterocycles. The molecule has 1 aromatic carbocycles. The molecule has 21 heavy (non-hydrogen) atoms. The minimum atomic E-state index is -0.814. The third-order valence-corrected chi connectivity index (χ3v) is 3.46. The number of halogens is 3. The monoisotopic (exact) mass is 357 g/mol. The smallest absolute Gasteiger partial charge is 0.156 e. The third kappa shape index (κ3) is 6.57. The summed E-state index contributed by atoms with van der Waals surface area (Å²) in [5.41, 5.74) is 0. The van der Waals surface area contributed by atoms with Crippen molar-refractivity contribution in [1.29, 1.82) is 0 Å². The van der Waals surface area contributed by atoms with Gasteiger partial charge >= 0.3 is 0 Å². The van der Waals surface area contributed by atoms with Gasteiger partial charge < -0.3 is 20.1 Å². The standard InChI is InChI=1S/C13H18Cl3NO4/c14-9-5-11(15)13(12(16)6-9)21-8-10(20)7-17(1-3-18)2-4-19/h5-6,10,18-20H,1-4,7-8H2. The van der Waals surface area contributed by atoms with Crippen LogP contribution in [0.25, 0.3) is 0 Å². The number of hydrogen-bond acceptors (Lipinski definition) is 5. The Balaban J connectivity index is 2.54. The molecule has 1 unspecified atom stereocenters. The summed E-state index contributed by atoms with van der Waals surface area (Å²) in [6.07, 6.45) is -0.814. The van der Waals surface area contributed by atoms with Crippen LogP contribution < -0.4 is 4.74 Å². The molecule has 0 amide bonds. The molecule has 120 valence electrons. The van der Waals surface area contributed by atoms with Gasteiger partial charge in [-0.2, -0.15) is 0 Å². The van der Waals surface area contributed by atoms with Crippen molar-refractivity contribution in [2.75, 3.05) is 39.5 Å². The summed E-state index contributed by atoms with van der Waals surface area (Å²) >= 11 is 17.7. The number of aliphatic hydroxyl groups is 3. The van der Waals surface area contributed by atoms with Crippen molar-refractivity contribution in [1.82, 2.24) is 4.90 Å². The molecular formula is C13H18Cl3NO4. The number of aliphatic hydroxyl groups excluding tert-OH is 3. The van der Waals surface area contributed by atoms with E-state index in [1.165, 1.54) is 12.1 Å². The Hall–Kier alpha value is -0.270. The molecule has 0 saturated carbocycles. The van der Waals surface area contributed by atoms with Gasteiger partial charge in [0.05, 0.1) is 23.3 Å². The normalized spacial score (nSPS) is 12.7. The van der Waals surface area contributed by atoms with Crippen LogP contribution in [0.4, 0.5) is 0 Å². The second kappa shape index (κ2) is 9.69. The minimum absolute atomic E-state index is 0.0194. The Kier molecular flexibility index (Phi) is 8.66. The van der Waals surface area contributed by atoms with Crippen molar-refractivity contribution in [2.24, 2.45) is 0 Å². The Morgan fingerprint density at radius 2 is 1.57 bits per heavy atom. The molecule has 1 atom stereocenters. The molecule has 0 spiro atoms. The van der Waals surface area contributed by atoms with E-state index < -0.39 is 6.10 Å². The summed E-state index contributed by atoms with van der Waals surface area (Å²) in [6.45, 7) is 0.851. The molecule has 0 aromatic heterocycles. The van der Waals surface area contributed by atoms with Gasteiger partial charge in [-0.1, -0.05) is 34.8 Å². The van der Waals surface area contributed by atoms with Crippen LogP contribution in [0.5, 0.6) is 5.75 Å². The second-order valence-electron chi connectivity index (χ2n) is 4.41. The van der Waals surface area contributed by atoms with Gasteiger partial charge in [-0.15, -0.1) is 0 Å². The third-order valence-electron chi connectivity index (χ3n) is 2.68. The molecule has 0 heterocycles.